The van der Waals surface area contributed by atoms with Gasteiger partial charge in [-0.25, -0.2) is 4.98 Å². The first-order valence-corrected chi connectivity index (χ1v) is 13.4. The minimum atomic E-state index is -0.311. The lowest BCUT2D eigenvalue weighted by Crippen LogP contribution is -2.13. The Kier molecular flexibility index (Phi) is 7.34. The summed E-state index contributed by atoms with van der Waals surface area (Å²) in [4.78, 5) is 46.8. The van der Waals surface area contributed by atoms with Crippen LogP contribution < -0.4 is 5.32 Å². The van der Waals surface area contributed by atoms with Gasteiger partial charge in [-0.3, -0.25) is 14.4 Å². The van der Waals surface area contributed by atoms with Gasteiger partial charge in [-0.05, 0) is 60.2 Å². The van der Waals surface area contributed by atoms with Crippen LogP contribution in [0.4, 0.5) is 5.69 Å². The van der Waals surface area contributed by atoms with Crippen LogP contribution in [0.15, 0.2) is 133 Å². The van der Waals surface area contributed by atoms with Crippen molar-refractivity contribution in [1.82, 2.24) is 9.97 Å². The van der Waals surface area contributed by atoms with Crippen LogP contribution in [0.1, 0.15) is 42.2 Å². The maximum atomic E-state index is 13.3. The van der Waals surface area contributed by atoms with Crippen molar-refractivity contribution in [2.75, 3.05) is 5.32 Å². The summed E-state index contributed by atoms with van der Waals surface area (Å²) in [5, 5.41) is 2.91. The van der Waals surface area contributed by atoms with Gasteiger partial charge in [0.05, 0.1) is 16.6 Å². The van der Waals surface area contributed by atoms with Crippen molar-refractivity contribution in [3.05, 3.63) is 161 Å². The second kappa shape index (κ2) is 11.7. The van der Waals surface area contributed by atoms with Crippen molar-refractivity contribution in [3.63, 3.8) is 0 Å². The highest BCUT2D eigenvalue weighted by atomic mass is 16.1. The fourth-order valence-corrected chi connectivity index (χ4v) is 4.67. The molecule has 0 saturated carbocycles. The number of benzene rings is 5. The second-order valence-corrected chi connectivity index (χ2v) is 9.70. The van der Waals surface area contributed by atoms with E-state index in [0.717, 1.165) is 5.56 Å². The number of rotatable bonds is 8. The molecular formula is C36H25N3O3. The van der Waals surface area contributed by atoms with Crippen molar-refractivity contribution < 1.29 is 14.4 Å². The SMILES string of the molecule is O=C(/C=C/c1ccccc1)c1ccc(NC(=O)c2ccccc2-c2nc3ccc(C(=O)c4ccccc4)cc3[nH]2)cc1. The smallest absolute Gasteiger partial charge is 0.256 e. The molecule has 2 N–H and O–H groups in total. The number of nitrogens with zero attached hydrogens (tertiary/aromatic N) is 1. The number of nitrogens with one attached hydrogen (secondary N) is 2. The highest BCUT2D eigenvalue weighted by molar-refractivity contribution is 6.11. The molecular weight excluding hydrogens is 522 g/mol. The van der Waals surface area contributed by atoms with Gasteiger partial charge < -0.3 is 10.3 Å². The lowest BCUT2D eigenvalue weighted by Gasteiger charge is -2.09. The molecule has 1 aromatic heterocycles. The normalized spacial score (nSPS) is 11.0. The molecule has 202 valence electrons. The molecule has 0 saturated heterocycles. The maximum Gasteiger partial charge on any atom is 0.256 e. The lowest BCUT2D eigenvalue weighted by molar-refractivity contribution is 0.102. The molecule has 1 amide bonds. The van der Waals surface area contributed by atoms with Gasteiger partial charge in [0.2, 0.25) is 0 Å². The molecule has 0 atom stereocenters. The first-order chi connectivity index (χ1) is 20.5. The number of allylic oxidation sites excluding steroid dienone is 1. The maximum absolute atomic E-state index is 13.3. The molecule has 0 bridgehead atoms. The van der Waals surface area contributed by atoms with E-state index in [9.17, 15) is 14.4 Å². The van der Waals surface area contributed by atoms with Crippen LogP contribution in [0.3, 0.4) is 0 Å². The van der Waals surface area contributed by atoms with E-state index in [1.165, 1.54) is 6.08 Å². The first kappa shape index (κ1) is 26.3. The molecule has 0 aliphatic heterocycles. The topological polar surface area (TPSA) is 91.9 Å². The molecule has 0 fully saturated rings. The van der Waals surface area contributed by atoms with Crippen LogP contribution in [-0.4, -0.2) is 27.4 Å². The van der Waals surface area contributed by atoms with E-state index in [1.54, 1.807) is 72.8 Å². The Labute approximate surface area is 242 Å². The van der Waals surface area contributed by atoms with E-state index < -0.39 is 0 Å². The van der Waals surface area contributed by atoms with Crippen LogP contribution in [0, 0.1) is 0 Å². The third kappa shape index (κ3) is 5.69. The Balaban J connectivity index is 1.20. The van der Waals surface area contributed by atoms with Crippen LogP contribution in [0.25, 0.3) is 28.5 Å². The van der Waals surface area contributed by atoms with Crippen molar-refractivity contribution in [3.8, 4) is 11.4 Å². The molecule has 0 spiro atoms. The van der Waals surface area contributed by atoms with E-state index in [2.05, 4.69) is 15.3 Å². The number of imidazole rings is 1. The standard InChI is InChI=1S/C36H25N3O3/c40-33(22-15-24-9-3-1-4-10-24)25-16-19-28(20-17-25)37-36(42)30-14-8-7-13-29(30)35-38-31-21-18-27(23-32(31)39-35)34(41)26-11-5-2-6-12-26/h1-23H,(H,37,42)(H,38,39)/b22-15+. The number of hydrogen-bond donors (Lipinski definition) is 2. The third-order valence-electron chi connectivity index (χ3n) is 6.86. The fourth-order valence-electron chi connectivity index (χ4n) is 4.67. The molecule has 6 heteroatoms. The number of anilines is 1. The molecule has 1 heterocycles. The number of H-pyrrole nitrogens is 1. The number of amides is 1. The average Bonchev–Trinajstić information content (AvgIpc) is 3.48. The first-order valence-electron chi connectivity index (χ1n) is 13.4. The minimum absolute atomic E-state index is 0.0756. The lowest BCUT2D eigenvalue weighted by atomic mass is 10.0. The van der Waals surface area contributed by atoms with Gasteiger partial charge in [-0.15, -0.1) is 0 Å². The molecule has 42 heavy (non-hydrogen) atoms. The van der Waals surface area contributed by atoms with Crippen LogP contribution in [0.2, 0.25) is 0 Å². The Hall–Kier alpha value is -5.88. The van der Waals surface area contributed by atoms with Gasteiger partial charge in [0, 0.05) is 27.9 Å². The highest BCUT2D eigenvalue weighted by Gasteiger charge is 2.17. The molecule has 6 nitrogen and oxygen atoms in total. The molecule has 6 aromatic rings. The predicted molar refractivity (Wildman–Crippen MR) is 166 cm³/mol. The van der Waals surface area contributed by atoms with Crippen LogP contribution in [-0.2, 0) is 0 Å². The number of carbonyl (C=O) groups excluding carboxylic acids is 3. The molecule has 5 aromatic carbocycles. The van der Waals surface area contributed by atoms with Gasteiger partial charge in [0.25, 0.3) is 5.91 Å². The third-order valence-corrected chi connectivity index (χ3v) is 6.86. The fraction of sp³-hybridized carbons (Fsp3) is 0. The van der Waals surface area contributed by atoms with Crippen LogP contribution >= 0.6 is 0 Å². The van der Waals surface area contributed by atoms with E-state index >= 15 is 0 Å². The van der Waals surface area contributed by atoms with Gasteiger partial charge in [0.15, 0.2) is 11.6 Å². The Morgan fingerprint density at radius 1 is 0.667 bits per heavy atom. The number of fused-ring (bicyclic) bond motifs is 1. The molecule has 0 aliphatic carbocycles. The Morgan fingerprint density at radius 3 is 2.10 bits per heavy atom. The number of aromatic amines is 1. The summed E-state index contributed by atoms with van der Waals surface area (Å²) < 4.78 is 0. The molecule has 0 radical (unpaired) electrons. The predicted octanol–water partition coefficient (Wildman–Crippen LogP) is 7.61. The number of hydrogen-bond acceptors (Lipinski definition) is 4. The van der Waals surface area contributed by atoms with E-state index in [-0.39, 0.29) is 17.5 Å². The average molecular weight is 548 g/mol. The van der Waals surface area contributed by atoms with Gasteiger partial charge in [0.1, 0.15) is 5.82 Å². The molecule has 0 unspecified atom stereocenters. The van der Waals surface area contributed by atoms with Gasteiger partial charge in [-0.2, -0.15) is 0 Å². The Bertz CT molecular complexity index is 1940. The number of ketones is 2. The molecule has 6 rings (SSSR count). The summed E-state index contributed by atoms with van der Waals surface area (Å²) in [5.41, 5.74) is 5.63. The van der Waals surface area contributed by atoms with Crippen molar-refractivity contribution in [2.45, 2.75) is 0 Å². The number of aromatic nitrogens is 2. The quantitative estimate of drug-likeness (QED) is 0.152. The number of carbonyl (C=O) groups is 3. The van der Waals surface area contributed by atoms with Crippen LogP contribution in [0.5, 0.6) is 0 Å². The Morgan fingerprint density at radius 2 is 1.33 bits per heavy atom. The minimum Gasteiger partial charge on any atom is -0.338 e. The summed E-state index contributed by atoms with van der Waals surface area (Å²) in [5.74, 6) is 0.00853. The summed E-state index contributed by atoms with van der Waals surface area (Å²) in [6, 6.07) is 38.0. The second-order valence-electron chi connectivity index (χ2n) is 9.70. The van der Waals surface area contributed by atoms with E-state index in [1.807, 2.05) is 60.7 Å². The molecule has 0 aliphatic rings. The summed E-state index contributed by atoms with van der Waals surface area (Å²) in [6.45, 7) is 0. The highest BCUT2D eigenvalue weighted by Crippen LogP contribution is 2.26. The van der Waals surface area contributed by atoms with E-state index in [4.69, 9.17) is 0 Å². The van der Waals surface area contributed by atoms with Gasteiger partial charge >= 0.3 is 0 Å². The summed E-state index contributed by atoms with van der Waals surface area (Å²) in [7, 11) is 0. The summed E-state index contributed by atoms with van der Waals surface area (Å²) in [6.07, 6.45) is 3.31. The summed E-state index contributed by atoms with van der Waals surface area (Å²) >= 11 is 0. The largest absolute Gasteiger partial charge is 0.338 e. The van der Waals surface area contributed by atoms with Crippen molar-refractivity contribution in [1.29, 1.82) is 0 Å². The van der Waals surface area contributed by atoms with Crippen molar-refractivity contribution >= 4 is 40.3 Å². The van der Waals surface area contributed by atoms with Gasteiger partial charge in [-0.1, -0.05) is 84.9 Å². The zero-order valence-corrected chi connectivity index (χ0v) is 22.5. The van der Waals surface area contributed by atoms with Crippen molar-refractivity contribution in [2.24, 2.45) is 0 Å². The zero-order valence-electron chi connectivity index (χ0n) is 22.5. The zero-order chi connectivity index (χ0) is 28.9. The van der Waals surface area contributed by atoms with E-state index in [0.29, 0.717) is 50.4 Å². The monoisotopic (exact) mass is 547 g/mol.